The summed E-state index contributed by atoms with van der Waals surface area (Å²) in [5.41, 5.74) is 0.0525. The number of rotatable bonds is 6. The largest absolute Gasteiger partial charge is 0.471 e. The van der Waals surface area contributed by atoms with E-state index in [0.29, 0.717) is 37.9 Å². The van der Waals surface area contributed by atoms with E-state index in [1.54, 1.807) is 24.2 Å². The van der Waals surface area contributed by atoms with Crippen LogP contribution in [0.5, 0.6) is 0 Å². The fraction of sp³-hybridized carbons (Fsp3) is 0.519. The summed E-state index contributed by atoms with van der Waals surface area (Å²) in [6.45, 7) is 8.86. The molecule has 1 saturated heterocycles. The second-order valence-corrected chi connectivity index (χ2v) is 11.9. The van der Waals surface area contributed by atoms with Crippen LogP contribution in [0.2, 0.25) is 0 Å². The van der Waals surface area contributed by atoms with Gasteiger partial charge in [0, 0.05) is 46.3 Å². The quantitative estimate of drug-likeness (QED) is 0.463. The number of hydrogen-bond donors (Lipinski definition) is 2. The average molecular weight is 610 g/mol. The smallest absolute Gasteiger partial charge is 0.340 e. The minimum atomic E-state index is -4.97. The third-order valence-electron chi connectivity index (χ3n) is 7.69. The normalized spacial score (nSPS) is 20.6. The summed E-state index contributed by atoms with van der Waals surface area (Å²) < 4.78 is 38.4. The van der Waals surface area contributed by atoms with Crippen molar-refractivity contribution in [2.45, 2.75) is 58.8 Å². The Hall–Kier alpha value is -3.20. The van der Waals surface area contributed by atoms with Crippen molar-refractivity contribution in [3.63, 3.8) is 0 Å². The first-order valence-corrected chi connectivity index (χ1v) is 13.2. The van der Waals surface area contributed by atoms with Gasteiger partial charge in [0.15, 0.2) is 0 Å². The lowest BCUT2D eigenvalue weighted by atomic mass is 9.84. The molecule has 2 aliphatic rings. The molecule has 0 bridgehead atoms. The first kappa shape index (κ1) is 30.3. The second kappa shape index (κ2) is 11.5. The van der Waals surface area contributed by atoms with E-state index in [0.717, 1.165) is 15.2 Å². The number of likely N-dealkylation sites (tertiary alicyclic amines) is 1. The number of benzene rings is 1. The first-order chi connectivity index (χ1) is 18.1. The number of fused-ring (bicyclic) bond motifs is 1. The zero-order valence-electron chi connectivity index (χ0n) is 22.1. The van der Waals surface area contributed by atoms with Crippen LogP contribution in [0, 0.1) is 28.1 Å². The number of pyridine rings is 1. The molecule has 1 aromatic carbocycles. The van der Waals surface area contributed by atoms with E-state index in [1.165, 1.54) is 0 Å². The second-order valence-electron chi connectivity index (χ2n) is 11.1. The van der Waals surface area contributed by atoms with E-state index in [1.807, 2.05) is 50.4 Å². The van der Waals surface area contributed by atoms with Crippen LogP contribution in [0.25, 0.3) is 10.8 Å². The molecule has 2 fully saturated rings. The van der Waals surface area contributed by atoms with Gasteiger partial charge in [0.1, 0.15) is 12.1 Å². The van der Waals surface area contributed by atoms with Crippen LogP contribution >= 0.6 is 15.9 Å². The fourth-order valence-electron chi connectivity index (χ4n) is 4.57. The molecule has 39 heavy (non-hydrogen) atoms. The molecule has 4 rings (SSSR count). The van der Waals surface area contributed by atoms with E-state index in [9.17, 15) is 27.6 Å². The first-order valence-electron chi connectivity index (χ1n) is 12.4. The zero-order chi connectivity index (χ0) is 29.2. The highest BCUT2D eigenvalue weighted by molar-refractivity contribution is 9.10. The van der Waals surface area contributed by atoms with Gasteiger partial charge in [-0.25, -0.2) is 0 Å². The molecule has 0 radical (unpaired) electrons. The summed E-state index contributed by atoms with van der Waals surface area (Å²) in [7, 11) is 0. The molecular weight excluding hydrogens is 579 g/mol. The lowest BCUT2D eigenvalue weighted by Gasteiger charge is -2.29. The highest BCUT2D eigenvalue weighted by Gasteiger charge is 2.54. The number of nitriles is 1. The van der Waals surface area contributed by atoms with Gasteiger partial charge >= 0.3 is 12.1 Å². The molecule has 1 aliphatic heterocycles. The van der Waals surface area contributed by atoms with Gasteiger partial charge in [0.2, 0.25) is 12.3 Å². The van der Waals surface area contributed by atoms with Gasteiger partial charge in [-0.15, -0.1) is 0 Å². The third kappa shape index (κ3) is 6.87. The van der Waals surface area contributed by atoms with Crippen molar-refractivity contribution in [2.24, 2.45) is 16.7 Å². The molecule has 1 aliphatic carbocycles. The molecule has 2 N–H and O–H groups in total. The summed E-state index contributed by atoms with van der Waals surface area (Å²) in [6.07, 6.45) is 0.157. The summed E-state index contributed by atoms with van der Waals surface area (Å²) in [6, 6.07) is 5.94. The maximum absolute atomic E-state index is 12.7. The summed E-state index contributed by atoms with van der Waals surface area (Å²) >= 11 is 3.44. The van der Waals surface area contributed by atoms with Crippen LogP contribution in [0.4, 0.5) is 13.2 Å². The number of carbonyl (C=O) groups is 3. The minimum Gasteiger partial charge on any atom is -0.340 e. The van der Waals surface area contributed by atoms with Gasteiger partial charge in [-0.05, 0) is 35.7 Å². The summed E-state index contributed by atoms with van der Waals surface area (Å²) in [5.74, 6) is -2.16. The summed E-state index contributed by atoms with van der Waals surface area (Å²) in [4.78, 5) is 40.1. The molecule has 1 aromatic heterocycles. The Bertz CT molecular complexity index is 1280. The monoisotopic (exact) mass is 609 g/mol. The molecule has 3 atom stereocenters. The van der Waals surface area contributed by atoms with Crippen molar-refractivity contribution in [3.8, 4) is 6.07 Å². The molecule has 8 nitrogen and oxygen atoms in total. The van der Waals surface area contributed by atoms with Crippen LogP contribution in [0.1, 0.15) is 52.1 Å². The van der Waals surface area contributed by atoms with Crippen LogP contribution < -0.4 is 10.6 Å². The number of nitrogens with one attached hydrogen (secondary N) is 2. The van der Waals surface area contributed by atoms with E-state index in [2.05, 4.69) is 26.2 Å². The van der Waals surface area contributed by atoms with Gasteiger partial charge in [-0.2, -0.15) is 18.4 Å². The number of alkyl halides is 3. The Balaban J connectivity index is 0.000000223. The van der Waals surface area contributed by atoms with Gasteiger partial charge in [-0.1, -0.05) is 55.8 Å². The number of nitrogens with zero attached hydrogens (tertiary/aromatic N) is 3. The Kier molecular flexibility index (Phi) is 8.95. The van der Waals surface area contributed by atoms with E-state index < -0.39 is 35.5 Å². The highest BCUT2D eigenvalue weighted by atomic mass is 79.9. The number of carbonyl (C=O) groups excluding carboxylic acids is 3. The molecule has 210 valence electrons. The fourth-order valence-corrected chi connectivity index (χ4v) is 5.18. The van der Waals surface area contributed by atoms with E-state index in [-0.39, 0.29) is 11.3 Å². The highest BCUT2D eigenvalue weighted by Crippen LogP contribution is 2.49. The molecule has 0 spiro atoms. The molecule has 12 heteroatoms. The molecule has 1 saturated carbocycles. The van der Waals surface area contributed by atoms with Crippen molar-refractivity contribution in [2.75, 3.05) is 13.1 Å². The van der Waals surface area contributed by atoms with Crippen LogP contribution in [0.15, 0.2) is 35.1 Å². The molecule has 2 unspecified atom stereocenters. The Labute approximate surface area is 233 Å². The van der Waals surface area contributed by atoms with Crippen molar-refractivity contribution in [1.29, 1.82) is 5.26 Å². The topological polar surface area (TPSA) is 115 Å². The zero-order valence-corrected chi connectivity index (χ0v) is 23.7. The van der Waals surface area contributed by atoms with Crippen molar-refractivity contribution in [3.05, 3.63) is 40.6 Å². The van der Waals surface area contributed by atoms with Crippen molar-refractivity contribution < 1.29 is 27.6 Å². The molecule has 3 amide bonds. The lowest BCUT2D eigenvalue weighted by molar-refractivity contribution is -0.175. The SMILES string of the molecule is C[C@H]1CN(C(=O)C(NC(=O)C(F)(F)F)C2(C)CC2)CC1(C)C.N#CC(NC=O)c1cncc2cccc(Br)c12. The van der Waals surface area contributed by atoms with Crippen LogP contribution in [-0.4, -0.2) is 53.4 Å². The van der Waals surface area contributed by atoms with Crippen LogP contribution in [-0.2, 0) is 14.4 Å². The third-order valence-corrected chi connectivity index (χ3v) is 8.35. The average Bonchev–Trinajstić information content (AvgIpc) is 3.55. The minimum absolute atomic E-state index is 0.0707. The molecular formula is C27H31BrF3N5O3. The van der Waals surface area contributed by atoms with Crippen LogP contribution in [0.3, 0.4) is 0 Å². The number of aromatic nitrogens is 1. The maximum Gasteiger partial charge on any atom is 0.471 e. The van der Waals surface area contributed by atoms with E-state index >= 15 is 0 Å². The van der Waals surface area contributed by atoms with Gasteiger partial charge < -0.3 is 15.5 Å². The van der Waals surface area contributed by atoms with E-state index in [4.69, 9.17) is 5.26 Å². The van der Waals surface area contributed by atoms with Gasteiger partial charge in [-0.3, -0.25) is 19.4 Å². The predicted molar refractivity (Wildman–Crippen MR) is 142 cm³/mol. The Morgan fingerprint density at radius 3 is 2.44 bits per heavy atom. The Morgan fingerprint density at radius 1 is 1.26 bits per heavy atom. The van der Waals surface area contributed by atoms with Gasteiger partial charge in [0.25, 0.3) is 0 Å². The van der Waals surface area contributed by atoms with Crippen molar-refractivity contribution >= 4 is 44.9 Å². The molecule has 2 heterocycles. The van der Waals surface area contributed by atoms with Gasteiger partial charge in [0.05, 0.1) is 6.07 Å². The molecule has 2 aromatic rings. The number of amides is 3. The predicted octanol–water partition coefficient (Wildman–Crippen LogP) is 4.65. The lowest BCUT2D eigenvalue weighted by Crippen LogP contribution is -2.55. The number of halogens is 4. The maximum atomic E-state index is 12.7. The standard InChI is InChI=1S/C15H23F3N2O2.C12H8BrN3O/c1-9-7-20(8-13(9,2)3)11(21)10(14(4)5-6-14)19-12(22)15(16,17)18;13-10-3-1-2-8-5-15-6-9(12(8)10)11(4-14)16-7-17/h9-10H,5-8H2,1-4H3,(H,19,22);1-3,5-7,11H,(H,16,17)/t9-,10?;/m0./s1. The number of hydrogen-bond acceptors (Lipinski definition) is 5. The summed E-state index contributed by atoms with van der Waals surface area (Å²) in [5, 5.41) is 15.2. The van der Waals surface area contributed by atoms with Crippen molar-refractivity contribution in [1.82, 2.24) is 20.5 Å². The Morgan fingerprint density at radius 2 is 1.92 bits per heavy atom.